The molecule has 22 heavy (non-hydrogen) atoms. The Bertz CT molecular complexity index is 759. The van der Waals surface area contributed by atoms with E-state index in [4.69, 9.17) is 27.9 Å². The van der Waals surface area contributed by atoms with Crippen LogP contribution >= 0.6 is 23.2 Å². The van der Waals surface area contributed by atoms with Crippen LogP contribution in [0.15, 0.2) is 6.20 Å². The highest BCUT2D eigenvalue weighted by Crippen LogP contribution is 2.44. The Hall–Kier alpha value is -1.24. The third-order valence-corrected chi connectivity index (χ3v) is 4.87. The van der Waals surface area contributed by atoms with E-state index in [9.17, 15) is 4.39 Å². The number of ether oxygens (including phenoxy) is 1. The molecule has 0 unspecified atom stereocenters. The molecule has 0 aromatic carbocycles. The average molecular weight is 343 g/mol. The number of anilines is 1. The van der Waals surface area contributed by atoms with Crippen LogP contribution in [0.3, 0.4) is 0 Å². The largest absolute Gasteiger partial charge is 0.379 e. The number of halogens is 3. The minimum absolute atomic E-state index is 0.104. The van der Waals surface area contributed by atoms with Gasteiger partial charge in [-0.1, -0.05) is 11.6 Å². The molecule has 1 aliphatic heterocycles. The normalized spacial score (nSPS) is 27.6. The van der Waals surface area contributed by atoms with Crippen molar-refractivity contribution >= 4 is 39.9 Å². The first kappa shape index (κ1) is 14.4. The first-order valence-electron chi connectivity index (χ1n) is 7.04. The second kappa shape index (κ2) is 5.15. The van der Waals surface area contributed by atoms with Crippen molar-refractivity contribution in [2.45, 2.75) is 19.1 Å². The maximum atomic E-state index is 14.0. The highest BCUT2D eigenvalue weighted by Gasteiger charge is 2.56. The number of aromatic nitrogens is 3. The van der Waals surface area contributed by atoms with Crippen LogP contribution in [0.4, 0.5) is 10.2 Å². The molecule has 1 aliphatic carbocycles. The van der Waals surface area contributed by atoms with E-state index < -0.39 is 6.17 Å². The summed E-state index contributed by atoms with van der Waals surface area (Å²) >= 11 is 12.1. The summed E-state index contributed by atoms with van der Waals surface area (Å²) in [7, 11) is 0. The van der Waals surface area contributed by atoms with Crippen LogP contribution < -0.4 is 4.90 Å². The molecule has 0 amide bonds. The average Bonchev–Trinajstić information content (AvgIpc) is 3.18. The Labute approximate surface area is 136 Å². The molecule has 0 radical (unpaired) electrons. The van der Waals surface area contributed by atoms with Gasteiger partial charge in [0.2, 0.25) is 5.28 Å². The molecule has 1 saturated carbocycles. The summed E-state index contributed by atoms with van der Waals surface area (Å²) in [5, 5.41) is 1.22. The van der Waals surface area contributed by atoms with Crippen molar-refractivity contribution in [3.8, 4) is 0 Å². The SMILES string of the molecule is Cc1c(Cl)ncc2c(N3CCOC[C@H]4[C@H](F)[C@H]43)nc(Cl)nc12. The van der Waals surface area contributed by atoms with Crippen LogP contribution in [0.5, 0.6) is 0 Å². The highest BCUT2D eigenvalue weighted by atomic mass is 35.5. The van der Waals surface area contributed by atoms with Crippen molar-refractivity contribution < 1.29 is 9.13 Å². The second-order valence-electron chi connectivity index (χ2n) is 5.62. The predicted octanol–water partition coefficient (Wildman–Crippen LogP) is 2.81. The first-order valence-corrected chi connectivity index (χ1v) is 7.80. The standard InChI is InChI=1S/C14H13Cl2FN4O/c1-6-10-7(4-18-12(6)15)13(20-14(16)19-10)21-2-3-22-5-8-9(17)11(8)21/h4,8-9,11H,2-3,5H2,1H3/t8-,9-,11-/m0/s1. The quantitative estimate of drug-likeness (QED) is 0.589. The van der Waals surface area contributed by atoms with Crippen LogP contribution in [0, 0.1) is 12.8 Å². The summed E-state index contributed by atoms with van der Waals surface area (Å²) in [5.41, 5.74) is 1.38. The number of aryl methyl sites for hydroxylation is 1. The third kappa shape index (κ3) is 2.13. The van der Waals surface area contributed by atoms with E-state index in [1.165, 1.54) is 0 Å². The summed E-state index contributed by atoms with van der Waals surface area (Å²) in [5.74, 6) is 0.496. The van der Waals surface area contributed by atoms with Crippen LogP contribution in [-0.2, 0) is 4.74 Å². The molecule has 8 heteroatoms. The summed E-state index contributed by atoms with van der Waals surface area (Å²) in [6.45, 7) is 3.37. The fraction of sp³-hybridized carbons (Fsp3) is 0.500. The number of alkyl halides is 1. The fourth-order valence-electron chi connectivity index (χ4n) is 3.06. The first-order chi connectivity index (χ1) is 10.6. The van der Waals surface area contributed by atoms with Gasteiger partial charge in [0.1, 0.15) is 17.1 Å². The summed E-state index contributed by atoms with van der Waals surface area (Å²) in [6.07, 6.45) is 0.720. The van der Waals surface area contributed by atoms with Crippen molar-refractivity contribution in [2.75, 3.05) is 24.7 Å². The van der Waals surface area contributed by atoms with E-state index >= 15 is 0 Å². The van der Waals surface area contributed by atoms with Crippen molar-refractivity contribution in [1.29, 1.82) is 0 Å². The molecule has 116 valence electrons. The zero-order valence-electron chi connectivity index (χ0n) is 11.8. The molecular formula is C14H13Cl2FN4O. The van der Waals surface area contributed by atoms with E-state index in [2.05, 4.69) is 15.0 Å². The van der Waals surface area contributed by atoms with E-state index in [0.29, 0.717) is 36.2 Å². The van der Waals surface area contributed by atoms with Crippen molar-refractivity contribution in [1.82, 2.24) is 15.0 Å². The molecule has 2 aromatic heterocycles. The third-order valence-electron chi connectivity index (χ3n) is 4.32. The van der Waals surface area contributed by atoms with Crippen LogP contribution in [0.2, 0.25) is 10.4 Å². The van der Waals surface area contributed by atoms with Crippen molar-refractivity contribution in [3.63, 3.8) is 0 Å². The minimum Gasteiger partial charge on any atom is -0.379 e. The van der Waals surface area contributed by atoms with Gasteiger partial charge in [-0.25, -0.2) is 14.4 Å². The van der Waals surface area contributed by atoms with E-state index in [0.717, 1.165) is 10.9 Å². The van der Waals surface area contributed by atoms with Gasteiger partial charge >= 0.3 is 0 Å². The summed E-state index contributed by atoms with van der Waals surface area (Å²) in [4.78, 5) is 14.7. The fourth-order valence-corrected chi connectivity index (χ4v) is 3.36. The van der Waals surface area contributed by atoms with Gasteiger partial charge in [0, 0.05) is 24.2 Å². The molecule has 3 heterocycles. The maximum Gasteiger partial charge on any atom is 0.224 e. The Morgan fingerprint density at radius 3 is 3.00 bits per heavy atom. The number of hydrogen-bond acceptors (Lipinski definition) is 5. The van der Waals surface area contributed by atoms with E-state index in [-0.39, 0.29) is 17.2 Å². The number of pyridine rings is 1. The number of nitrogens with zero attached hydrogens (tertiary/aromatic N) is 4. The van der Waals surface area contributed by atoms with Gasteiger partial charge in [-0.2, -0.15) is 4.98 Å². The van der Waals surface area contributed by atoms with Gasteiger partial charge in [0.15, 0.2) is 0 Å². The van der Waals surface area contributed by atoms with Gasteiger partial charge in [0.25, 0.3) is 0 Å². The molecule has 2 aliphatic rings. The number of fused-ring (bicyclic) bond motifs is 2. The molecule has 0 bridgehead atoms. The zero-order chi connectivity index (χ0) is 15.4. The minimum atomic E-state index is -0.898. The molecule has 2 aromatic rings. The van der Waals surface area contributed by atoms with Gasteiger partial charge in [-0.15, -0.1) is 0 Å². The smallest absolute Gasteiger partial charge is 0.224 e. The molecule has 3 atom stereocenters. The molecule has 1 saturated heterocycles. The summed E-state index contributed by atoms with van der Waals surface area (Å²) < 4.78 is 19.5. The molecule has 0 N–H and O–H groups in total. The Balaban J connectivity index is 1.89. The van der Waals surface area contributed by atoms with Crippen LogP contribution in [-0.4, -0.2) is 46.9 Å². The Morgan fingerprint density at radius 2 is 2.18 bits per heavy atom. The van der Waals surface area contributed by atoms with E-state index in [1.54, 1.807) is 6.20 Å². The van der Waals surface area contributed by atoms with Gasteiger partial charge in [-0.3, -0.25) is 0 Å². The lowest BCUT2D eigenvalue weighted by Gasteiger charge is -2.23. The predicted molar refractivity (Wildman–Crippen MR) is 82.4 cm³/mol. The molecule has 0 spiro atoms. The molecule has 4 rings (SSSR count). The zero-order valence-corrected chi connectivity index (χ0v) is 13.3. The van der Waals surface area contributed by atoms with Gasteiger partial charge in [-0.05, 0) is 18.5 Å². The van der Waals surface area contributed by atoms with Gasteiger partial charge in [0.05, 0.1) is 30.2 Å². The second-order valence-corrected chi connectivity index (χ2v) is 6.32. The van der Waals surface area contributed by atoms with E-state index in [1.807, 2.05) is 11.8 Å². The Kier molecular flexibility index (Phi) is 3.36. The van der Waals surface area contributed by atoms with Crippen molar-refractivity contribution in [2.24, 2.45) is 5.92 Å². The Morgan fingerprint density at radius 1 is 1.36 bits per heavy atom. The highest BCUT2D eigenvalue weighted by molar-refractivity contribution is 6.31. The topological polar surface area (TPSA) is 51.1 Å². The monoisotopic (exact) mass is 342 g/mol. The van der Waals surface area contributed by atoms with Crippen molar-refractivity contribution in [3.05, 3.63) is 22.2 Å². The molecular weight excluding hydrogens is 330 g/mol. The number of rotatable bonds is 1. The molecule has 5 nitrogen and oxygen atoms in total. The van der Waals surface area contributed by atoms with Crippen LogP contribution in [0.1, 0.15) is 5.56 Å². The summed E-state index contributed by atoms with van der Waals surface area (Å²) in [6, 6.07) is -0.215. The lowest BCUT2D eigenvalue weighted by molar-refractivity contribution is 0.131. The van der Waals surface area contributed by atoms with Crippen LogP contribution in [0.25, 0.3) is 10.9 Å². The maximum absolute atomic E-state index is 14.0. The lowest BCUT2D eigenvalue weighted by Crippen LogP contribution is -2.31. The van der Waals surface area contributed by atoms with Gasteiger partial charge < -0.3 is 9.64 Å². The lowest BCUT2D eigenvalue weighted by atomic mass is 10.2. The number of hydrogen-bond donors (Lipinski definition) is 0. The molecule has 2 fully saturated rings.